The van der Waals surface area contributed by atoms with Gasteiger partial charge in [0.15, 0.2) is 5.13 Å². The summed E-state index contributed by atoms with van der Waals surface area (Å²) in [5.74, 6) is 0.247. The Morgan fingerprint density at radius 2 is 2.00 bits per heavy atom. The lowest BCUT2D eigenvalue weighted by Crippen LogP contribution is -1.95. The van der Waals surface area contributed by atoms with Crippen LogP contribution in [0.1, 0.15) is 10.7 Å². The van der Waals surface area contributed by atoms with Gasteiger partial charge in [-0.25, -0.2) is 14.4 Å². The molecule has 0 amide bonds. The number of methoxy groups -OCH3 is 1. The third-order valence-corrected chi connectivity index (χ3v) is 4.90. The van der Waals surface area contributed by atoms with Gasteiger partial charge in [0.25, 0.3) is 0 Å². The number of aryl methyl sites for hydroxylation is 2. The highest BCUT2D eigenvalue weighted by Gasteiger charge is 2.13. The Bertz CT molecular complexity index is 819. The molecule has 3 aromatic rings. The molecule has 0 aliphatic rings. The molecule has 0 radical (unpaired) electrons. The second-order valence-electron chi connectivity index (χ2n) is 4.65. The summed E-state index contributed by atoms with van der Waals surface area (Å²) < 4.78 is 18.6. The molecule has 0 saturated carbocycles. The SMILES string of the molecule is Br.COc1ccc(F)cc1Nc1nc(-c2sc(C)nc2C)cs1. The van der Waals surface area contributed by atoms with Gasteiger partial charge in [-0.2, -0.15) is 0 Å². The summed E-state index contributed by atoms with van der Waals surface area (Å²) in [6.45, 7) is 3.95. The second-order valence-corrected chi connectivity index (χ2v) is 6.72. The molecule has 0 spiro atoms. The predicted octanol–water partition coefficient (Wildman–Crippen LogP) is 5.35. The summed E-state index contributed by atoms with van der Waals surface area (Å²) in [5.41, 5.74) is 2.41. The van der Waals surface area contributed by atoms with E-state index < -0.39 is 0 Å². The number of halogens is 2. The molecule has 0 aliphatic heterocycles. The lowest BCUT2D eigenvalue weighted by molar-refractivity contribution is 0.416. The number of hydrogen-bond donors (Lipinski definition) is 1. The topological polar surface area (TPSA) is 47.0 Å². The molecular formula is C15H15BrFN3OS2. The van der Waals surface area contributed by atoms with Gasteiger partial charge in [0.05, 0.1) is 34.1 Å². The quantitative estimate of drug-likeness (QED) is 0.623. The van der Waals surface area contributed by atoms with Crippen LogP contribution < -0.4 is 10.1 Å². The smallest absolute Gasteiger partial charge is 0.187 e. The zero-order valence-corrected chi connectivity index (χ0v) is 16.1. The predicted molar refractivity (Wildman–Crippen MR) is 99.3 cm³/mol. The van der Waals surface area contributed by atoms with Crippen molar-refractivity contribution >= 4 is 50.5 Å². The molecule has 0 fully saturated rings. The number of rotatable bonds is 4. The lowest BCUT2D eigenvalue weighted by atomic mass is 10.3. The van der Waals surface area contributed by atoms with Gasteiger partial charge in [0.2, 0.25) is 0 Å². The van der Waals surface area contributed by atoms with E-state index in [0.717, 1.165) is 21.3 Å². The monoisotopic (exact) mass is 415 g/mol. The van der Waals surface area contributed by atoms with Crippen LogP contribution in [0.2, 0.25) is 0 Å². The molecule has 0 atom stereocenters. The first-order chi connectivity index (χ1) is 10.6. The van der Waals surface area contributed by atoms with E-state index in [1.807, 2.05) is 19.2 Å². The van der Waals surface area contributed by atoms with Crippen LogP contribution in [-0.4, -0.2) is 17.1 Å². The van der Waals surface area contributed by atoms with Crippen molar-refractivity contribution in [3.8, 4) is 16.3 Å². The Labute approximate surface area is 152 Å². The van der Waals surface area contributed by atoms with E-state index in [-0.39, 0.29) is 22.8 Å². The summed E-state index contributed by atoms with van der Waals surface area (Å²) in [6, 6.07) is 4.34. The van der Waals surface area contributed by atoms with Gasteiger partial charge in [0.1, 0.15) is 11.6 Å². The van der Waals surface area contributed by atoms with E-state index in [1.165, 1.54) is 23.5 Å². The normalized spacial score (nSPS) is 10.3. The summed E-state index contributed by atoms with van der Waals surface area (Å²) in [6.07, 6.45) is 0. The van der Waals surface area contributed by atoms with Crippen LogP contribution in [0.4, 0.5) is 15.2 Å². The van der Waals surface area contributed by atoms with Crippen LogP contribution in [0.3, 0.4) is 0 Å². The molecule has 3 rings (SSSR count). The molecule has 1 N–H and O–H groups in total. The fraction of sp³-hybridized carbons (Fsp3) is 0.200. The summed E-state index contributed by atoms with van der Waals surface area (Å²) in [4.78, 5) is 10.0. The first-order valence-electron chi connectivity index (χ1n) is 6.57. The van der Waals surface area contributed by atoms with Gasteiger partial charge in [-0.3, -0.25) is 0 Å². The largest absolute Gasteiger partial charge is 0.495 e. The van der Waals surface area contributed by atoms with Crippen molar-refractivity contribution < 1.29 is 9.13 Å². The second kappa shape index (κ2) is 7.37. The Morgan fingerprint density at radius 1 is 1.22 bits per heavy atom. The van der Waals surface area contributed by atoms with E-state index in [2.05, 4.69) is 15.3 Å². The fourth-order valence-electron chi connectivity index (χ4n) is 2.10. The summed E-state index contributed by atoms with van der Waals surface area (Å²) in [7, 11) is 1.55. The number of ether oxygens (including phenoxy) is 1. The van der Waals surface area contributed by atoms with Crippen LogP contribution >= 0.6 is 39.7 Å². The number of anilines is 2. The maximum atomic E-state index is 13.4. The minimum absolute atomic E-state index is 0. The molecule has 0 aliphatic carbocycles. The Balaban J connectivity index is 0.00000192. The molecule has 0 saturated heterocycles. The van der Waals surface area contributed by atoms with Crippen LogP contribution in [-0.2, 0) is 0 Å². The van der Waals surface area contributed by atoms with E-state index in [0.29, 0.717) is 16.6 Å². The Hall–Kier alpha value is -1.51. The van der Waals surface area contributed by atoms with E-state index in [4.69, 9.17) is 4.74 Å². The maximum absolute atomic E-state index is 13.4. The average molecular weight is 416 g/mol. The zero-order valence-electron chi connectivity index (χ0n) is 12.7. The van der Waals surface area contributed by atoms with Crippen molar-refractivity contribution in [3.63, 3.8) is 0 Å². The standard InChI is InChI=1S/C15H14FN3OS2.BrH/c1-8-14(22-9(2)17-8)12-7-21-15(19-12)18-11-6-10(16)4-5-13(11)20-3;/h4-7H,1-3H3,(H,18,19);1H. The van der Waals surface area contributed by atoms with Crippen molar-refractivity contribution in [1.29, 1.82) is 0 Å². The Kier molecular flexibility index (Phi) is 5.72. The summed E-state index contributed by atoms with van der Waals surface area (Å²) >= 11 is 3.08. The van der Waals surface area contributed by atoms with Crippen LogP contribution in [0, 0.1) is 19.7 Å². The number of nitrogens with one attached hydrogen (secondary N) is 1. The first kappa shape index (κ1) is 17.8. The molecule has 4 nitrogen and oxygen atoms in total. The minimum Gasteiger partial charge on any atom is -0.495 e. The van der Waals surface area contributed by atoms with Crippen LogP contribution in [0.15, 0.2) is 23.6 Å². The third kappa shape index (κ3) is 3.88. The highest BCUT2D eigenvalue weighted by Crippen LogP contribution is 2.34. The van der Waals surface area contributed by atoms with Crippen molar-refractivity contribution in [1.82, 2.24) is 9.97 Å². The number of benzene rings is 1. The van der Waals surface area contributed by atoms with Gasteiger partial charge >= 0.3 is 0 Å². The number of hydrogen-bond acceptors (Lipinski definition) is 6. The van der Waals surface area contributed by atoms with E-state index in [9.17, 15) is 4.39 Å². The molecular weight excluding hydrogens is 401 g/mol. The van der Waals surface area contributed by atoms with Gasteiger partial charge < -0.3 is 10.1 Å². The van der Waals surface area contributed by atoms with Crippen molar-refractivity contribution in [2.45, 2.75) is 13.8 Å². The van der Waals surface area contributed by atoms with Crippen molar-refractivity contribution in [2.75, 3.05) is 12.4 Å². The average Bonchev–Trinajstić information content (AvgIpc) is 3.05. The molecule has 8 heteroatoms. The van der Waals surface area contributed by atoms with Crippen molar-refractivity contribution in [2.24, 2.45) is 0 Å². The van der Waals surface area contributed by atoms with E-state index >= 15 is 0 Å². The number of aromatic nitrogens is 2. The molecule has 2 aromatic heterocycles. The molecule has 0 unspecified atom stereocenters. The third-order valence-electron chi connectivity index (χ3n) is 3.04. The summed E-state index contributed by atoms with van der Waals surface area (Å²) in [5, 5.41) is 6.77. The lowest BCUT2D eigenvalue weighted by Gasteiger charge is -2.08. The van der Waals surface area contributed by atoms with Gasteiger partial charge in [-0.15, -0.1) is 39.7 Å². The highest BCUT2D eigenvalue weighted by atomic mass is 79.9. The van der Waals surface area contributed by atoms with E-state index in [1.54, 1.807) is 24.5 Å². The Morgan fingerprint density at radius 3 is 2.65 bits per heavy atom. The maximum Gasteiger partial charge on any atom is 0.187 e. The zero-order chi connectivity index (χ0) is 15.7. The van der Waals surface area contributed by atoms with Crippen LogP contribution in [0.5, 0.6) is 5.75 Å². The first-order valence-corrected chi connectivity index (χ1v) is 8.27. The molecule has 0 bridgehead atoms. The molecule has 23 heavy (non-hydrogen) atoms. The minimum atomic E-state index is -0.325. The van der Waals surface area contributed by atoms with Crippen molar-refractivity contribution in [3.05, 3.63) is 40.1 Å². The van der Waals surface area contributed by atoms with Crippen LogP contribution in [0.25, 0.3) is 10.6 Å². The number of thiazole rings is 2. The van der Waals surface area contributed by atoms with Gasteiger partial charge in [-0.05, 0) is 26.0 Å². The fourth-order valence-corrected chi connectivity index (χ4v) is 3.77. The van der Waals surface area contributed by atoms with Gasteiger partial charge in [0, 0.05) is 11.4 Å². The molecule has 1 aromatic carbocycles. The van der Waals surface area contributed by atoms with Gasteiger partial charge in [-0.1, -0.05) is 0 Å². The highest BCUT2D eigenvalue weighted by molar-refractivity contribution is 8.93. The molecule has 122 valence electrons. The number of nitrogens with zero attached hydrogens (tertiary/aromatic N) is 2. The molecule has 2 heterocycles.